The molecular weight excluding hydrogens is 278 g/mol. The van der Waals surface area contributed by atoms with Gasteiger partial charge in [0.2, 0.25) is 0 Å². The molecule has 1 atom stereocenters. The monoisotopic (exact) mass is 297 g/mol. The van der Waals surface area contributed by atoms with Gasteiger partial charge in [-0.1, -0.05) is 30.3 Å². The van der Waals surface area contributed by atoms with Gasteiger partial charge in [0.1, 0.15) is 5.75 Å². The number of urea groups is 1. The summed E-state index contributed by atoms with van der Waals surface area (Å²) in [5.74, 6) is 0.643. The first-order valence-electron chi connectivity index (χ1n) is 7.28. The van der Waals surface area contributed by atoms with Crippen molar-refractivity contribution < 1.29 is 9.53 Å². The number of anilines is 2. The Kier molecular flexibility index (Phi) is 4.14. The molecule has 3 rings (SSSR count). The van der Waals surface area contributed by atoms with Crippen molar-refractivity contribution in [2.75, 3.05) is 24.3 Å². The lowest BCUT2D eigenvalue weighted by Crippen LogP contribution is -2.45. The maximum Gasteiger partial charge on any atom is 0.319 e. The molecule has 0 radical (unpaired) electrons. The van der Waals surface area contributed by atoms with E-state index in [1.165, 1.54) is 5.56 Å². The van der Waals surface area contributed by atoms with E-state index in [9.17, 15) is 4.79 Å². The van der Waals surface area contributed by atoms with Crippen molar-refractivity contribution in [2.24, 2.45) is 0 Å². The van der Waals surface area contributed by atoms with Crippen molar-refractivity contribution in [3.8, 4) is 5.75 Å². The smallest absolute Gasteiger partial charge is 0.319 e. The molecule has 22 heavy (non-hydrogen) atoms. The third kappa shape index (κ3) is 3.14. The van der Waals surface area contributed by atoms with Crippen molar-refractivity contribution in [1.29, 1.82) is 0 Å². The molecule has 1 unspecified atom stereocenters. The number of methoxy groups -OCH3 is 1. The molecule has 0 bridgehead atoms. The largest absolute Gasteiger partial charge is 0.495 e. The Morgan fingerprint density at radius 2 is 1.95 bits per heavy atom. The first-order chi connectivity index (χ1) is 10.8. The van der Waals surface area contributed by atoms with Crippen LogP contribution in [0.4, 0.5) is 16.2 Å². The molecule has 2 amide bonds. The number of hydrogen-bond donors (Lipinski definition) is 3. The van der Waals surface area contributed by atoms with Crippen molar-refractivity contribution in [3.63, 3.8) is 0 Å². The molecule has 1 heterocycles. The van der Waals surface area contributed by atoms with Crippen LogP contribution in [-0.4, -0.2) is 25.7 Å². The Bertz CT molecular complexity index is 672. The van der Waals surface area contributed by atoms with E-state index in [1.807, 2.05) is 36.4 Å². The van der Waals surface area contributed by atoms with Gasteiger partial charge in [0.05, 0.1) is 18.8 Å². The number of amides is 2. The van der Waals surface area contributed by atoms with Crippen LogP contribution in [0.15, 0.2) is 48.5 Å². The molecule has 3 N–H and O–H groups in total. The highest BCUT2D eigenvalue weighted by molar-refractivity contribution is 5.91. The summed E-state index contributed by atoms with van der Waals surface area (Å²) in [6, 6.07) is 15.3. The first kappa shape index (κ1) is 14.3. The topological polar surface area (TPSA) is 62.4 Å². The molecule has 2 aromatic rings. The summed E-state index contributed by atoms with van der Waals surface area (Å²) in [5.41, 5.74) is 3.02. The average Bonchev–Trinajstić information content (AvgIpc) is 2.55. The normalized spacial score (nSPS) is 16.1. The molecule has 1 aliphatic rings. The van der Waals surface area contributed by atoms with E-state index in [0.29, 0.717) is 11.4 Å². The van der Waals surface area contributed by atoms with Crippen molar-refractivity contribution in [1.82, 2.24) is 5.32 Å². The van der Waals surface area contributed by atoms with Gasteiger partial charge < -0.3 is 20.7 Å². The summed E-state index contributed by atoms with van der Waals surface area (Å²) >= 11 is 0. The Hall–Kier alpha value is -2.69. The van der Waals surface area contributed by atoms with E-state index in [-0.39, 0.29) is 12.1 Å². The summed E-state index contributed by atoms with van der Waals surface area (Å²) < 4.78 is 5.23. The molecule has 0 saturated heterocycles. The fraction of sp³-hybridized carbons (Fsp3) is 0.235. The molecule has 0 aliphatic carbocycles. The van der Waals surface area contributed by atoms with Gasteiger partial charge in [-0.2, -0.15) is 0 Å². The first-order valence-corrected chi connectivity index (χ1v) is 7.28. The van der Waals surface area contributed by atoms with Crippen molar-refractivity contribution >= 4 is 17.4 Å². The van der Waals surface area contributed by atoms with E-state index in [0.717, 1.165) is 18.7 Å². The van der Waals surface area contributed by atoms with Crippen molar-refractivity contribution in [2.45, 2.75) is 12.5 Å². The van der Waals surface area contributed by atoms with E-state index in [4.69, 9.17) is 4.74 Å². The third-order valence-electron chi connectivity index (χ3n) is 3.71. The zero-order valence-corrected chi connectivity index (χ0v) is 12.4. The molecular formula is C17H19N3O2. The highest BCUT2D eigenvalue weighted by Gasteiger charge is 2.19. The van der Waals surface area contributed by atoms with Gasteiger partial charge in [-0.3, -0.25) is 0 Å². The minimum Gasteiger partial charge on any atom is -0.495 e. The molecule has 0 aromatic heterocycles. The number of nitrogens with one attached hydrogen (secondary N) is 3. The number of benzene rings is 2. The number of ether oxygens (including phenoxy) is 1. The highest BCUT2D eigenvalue weighted by atomic mass is 16.5. The SMILES string of the molecule is COc1ccccc1NC(=O)NC1CNc2ccccc2C1. The van der Waals surface area contributed by atoms with Gasteiger partial charge in [-0.25, -0.2) is 4.79 Å². The van der Waals surface area contributed by atoms with Crippen LogP contribution in [0.5, 0.6) is 5.75 Å². The van der Waals surface area contributed by atoms with Gasteiger partial charge in [0, 0.05) is 12.2 Å². The molecule has 1 aliphatic heterocycles. The molecule has 0 fully saturated rings. The van der Waals surface area contributed by atoms with E-state index >= 15 is 0 Å². The van der Waals surface area contributed by atoms with Gasteiger partial charge in [-0.05, 0) is 30.2 Å². The van der Waals surface area contributed by atoms with E-state index in [2.05, 4.69) is 28.1 Å². The maximum atomic E-state index is 12.2. The average molecular weight is 297 g/mol. The quantitative estimate of drug-likeness (QED) is 0.816. The lowest BCUT2D eigenvalue weighted by Gasteiger charge is -2.27. The zero-order chi connectivity index (χ0) is 15.4. The molecule has 5 nitrogen and oxygen atoms in total. The van der Waals surface area contributed by atoms with Crippen LogP contribution in [-0.2, 0) is 6.42 Å². The number of fused-ring (bicyclic) bond motifs is 1. The van der Waals surface area contributed by atoms with Crippen LogP contribution in [0.25, 0.3) is 0 Å². The number of rotatable bonds is 3. The summed E-state index contributed by atoms with van der Waals surface area (Å²) in [7, 11) is 1.58. The lowest BCUT2D eigenvalue weighted by molar-refractivity contribution is 0.248. The number of para-hydroxylation sites is 3. The second-order valence-corrected chi connectivity index (χ2v) is 5.24. The van der Waals surface area contributed by atoms with Crippen LogP contribution in [0, 0.1) is 0 Å². The Morgan fingerprint density at radius 3 is 2.82 bits per heavy atom. The Morgan fingerprint density at radius 1 is 1.18 bits per heavy atom. The molecule has 0 saturated carbocycles. The zero-order valence-electron chi connectivity index (χ0n) is 12.4. The Balaban J connectivity index is 1.61. The summed E-state index contributed by atoms with van der Waals surface area (Å²) in [6.45, 7) is 0.719. The van der Waals surface area contributed by atoms with Crippen LogP contribution >= 0.6 is 0 Å². The third-order valence-corrected chi connectivity index (χ3v) is 3.71. The fourth-order valence-electron chi connectivity index (χ4n) is 2.64. The van der Waals surface area contributed by atoms with Gasteiger partial charge in [0.15, 0.2) is 0 Å². The van der Waals surface area contributed by atoms with Crippen LogP contribution < -0.4 is 20.7 Å². The number of carbonyl (C=O) groups excluding carboxylic acids is 1. The van der Waals surface area contributed by atoms with E-state index in [1.54, 1.807) is 7.11 Å². The minimum atomic E-state index is -0.226. The minimum absolute atomic E-state index is 0.0598. The predicted molar refractivity (Wildman–Crippen MR) is 87.6 cm³/mol. The number of hydrogen-bond acceptors (Lipinski definition) is 3. The number of carbonyl (C=O) groups is 1. The van der Waals surface area contributed by atoms with Gasteiger partial charge >= 0.3 is 6.03 Å². The lowest BCUT2D eigenvalue weighted by atomic mass is 10.00. The second kappa shape index (κ2) is 6.39. The standard InChI is InChI=1S/C17H19N3O2/c1-22-16-9-5-4-8-15(16)20-17(21)19-13-10-12-6-2-3-7-14(12)18-11-13/h2-9,13,18H,10-11H2,1H3,(H2,19,20,21). The predicted octanol–water partition coefficient (Wildman–Crippen LogP) is 2.85. The molecule has 5 heteroatoms. The van der Waals surface area contributed by atoms with E-state index < -0.39 is 0 Å². The van der Waals surface area contributed by atoms with Crippen molar-refractivity contribution in [3.05, 3.63) is 54.1 Å². The van der Waals surface area contributed by atoms with Crippen LogP contribution in [0.3, 0.4) is 0 Å². The fourth-order valence-corrected chi connectivity index (χ4v) is 2.64. The summed E-state index contributed by atoms with van der Waals surface area (Å²) in [5, 5.41) is 9.16. The molecule has 2 aromatic carbocycles. The van der Waals surface area contributed by atoms with Crippen LogP contribution in [0.1, 0.15) is 5.56 Å². The van der Waals surface area contributed by atoms with Gasteiger partial charge in [0.25, 0.3) is 0 Å². The summed E-state index contributed by atoms with van der Waals surface area (Å²) in [6.07, 6.45) is 0.822. The maximum absolute atomic E-state index is 12.2. The highest BCUT2D eigenvalue weighted by Crippen LogP contribution is 2.23. The van der Waals surface area contributed by atoms with Crippen LogP contribution in [0.2, 0.25) is 0 Å². The summed E-state index contributed by atoms with van der Waals surface area (Å²) in [4.78, 5) is 12.2. The Labute approximate surface area is 129 Å². The molecule has 0 spiro atoms. The molecule has 114 valence electrons. The van der Waals surface area contributed by atoms with Gasteiger partial charge in [-0.15, -0.1) is 0 Å². The second-order valence-electron chi connectivity index (χ2n) is 5.24.